The summed E-state index contributed by atoms with van der Waals surface area (Å²) < 4.78 is 41.4. The number of hydrogen-bond acceptors (Lipinski definition) is 8. The zero-order chi connectivity index (χ0) is 30.0. The minimum atomic E-state index is -4.64. The molecule has 218 valence electrons. The predicted molar refractivity (Wildman–Crippen MR) is 142 cm³/mol. The van der Waals surface area contributed by atoms with Gasteiger partial charge in [-0.25, -0.2) is 14.8 Å². The molecule has 0 aliphatic rings. The number of nitrogens with zero attached hydrogens (tertiary/aromatic N) is 4. The van der Waals surface area contributed by atoms with Crippen LogP contribution < -0.4 is 27.0 Å². The van der Waals surface area contributed by atoms with Crippen molar-refractivity contribution in [2.24, 2.45) is 5.73 Å². The van der Waals surface area contributed by atoms with Crippen LogP contribution in [0.25, 0.3) is 16.9 Å². The van der Waals surface area contributed by atoms with E-state index in [9.17, 15) is 22.8 Å². The number of amides is 3. The van der Waals surface area contributed by atoms with Crippen molar-refractivity contribution in [1.29, 1.82) is 0 Å². The van der Waals surface area contributed by atoms with Crippen molar-refractivity contribution in [3.63, 3.8) is 0 Å². The minimum absolute atomic E-state index is 0.144. The average Bonchev–Trinajstić information content (AvgIpc) is 3.58. The molecule has 0 spiro atoms. The lowest BCUT2D eigenvalue weighted by molar-refractivity contribution is -0.140. The van der Waals surface area contributed by atoms with Crippen LogP contribution in [0.4, 0.5) is 29.5 Å². The number of aromatic amines is 1. The van der Waals surface area contributed by atoms with Crippen LogP contribution in [-0.2, 0) is 11.0 Å². The maximum absolute atomic E-state index is 13.3. The topological polar surface area (TPSA) is 204 Å². The van der Waals surface area contributed by atoms with Crippen molar-refractivity contribution in [3.05, 3.63) is 59.3 Å². The molecule has 1 aromatic carbocycles. The molecule has 0 saturated heterocycles. The van der Waals surface area contributed by atoms with Gasteiger partial charge >= 0.3 is 12.2 Å². The fourth-order valence-corrected chi connectivity index (χ4v) is 3.78. The van der Waals surface area contributed by atoms with Crippen LogP contribution in [0.3, 0.4) is 0 Å². The van der Waals surface area contributed by atoms with E-state index in [-0.39, 0.29) is 52.9 Å². The monoisotopic (exact) mass is 596 g/mol. The Morgan fingerprint density at radius 1 is 1.15 bits per heavy atom. The first-order chi connectivity index (χ1) is 19.6. The van der Waals surface area contributed by atoms with Crippen LogP contribution in [0, 0.1) is 0 Å². The second-order valence-corrected chi connectivity index (χ2v) is 8.32. The summed E-state index contributed by atoms with van der Waals surface area (Å²) in [5.74, 6) is -0.188. The number of rotatable bonds is 9. The largest absolute Gasteiger partial charge is 0.483 e. The molecule has 4 rings (SSSR count). The number of alkyl halides is 3. The lowest BCUT2D eigenvalue weighted by Gasteiger charge is -2.11. The van der Waals surface area contributed by atoms with Gasteiger partial charge in [-0.15, -0.1) is 0 Å². The van der Waals surface area contributed by atoms with E-state index in [1.165, 1.54) is 35.1 Å². The van der Waals surface area contributed by atoms with Crippen LogP contribution >= 0.6 is 11.6 Å². The highest BCUT2D eigenvalue weighted by atomic mass is 35.5. The number of hydrogen-bond donors (Lipinski definition) is 7. The molecular formula is C23H24ClF3N10O4. The summed E-state index contributed by atoms with van der Waals surface area (Å²) in [5, 5.41) is 23.4. The number of benzene rings is 1. The predicted octanol–water partition coefficient (Wildman–Crippen LogP) is 2.22. The second kappa shape index (κ2) is 13.9. The number of carbonyl (C=O) groups is 3. The van der Waals surface area contributed by atoms with E-state index in [0.717, 1.165) is 6.20 Å². The molecule has 41 heavy (non-hydrogen) atoms. The third-order valence-corrected chi connectivity index (χ3v) is 5.53. The van der Waals surface area contributed by atoms with E-state index in [1.54, 1.807) is 6.07 Å². The molecule has 3 aromatic heterocycles. The number of halogens is 4. The highest BCUT2D eigenvalue weighted by Crippen LogP contribution is 2.36. The normalized spacial score (nSPS) is 10.9. The summed E-state index contributed by atoms with van der Waals surface area (Å²) in [4.78, 5) is 40.8. The smallest absolute Gasteiger partial charge is 0.435 e. The number of nitrogens with one attached hydrogen (secondary N) is 5. The minimum Gasteiger partial charge on any atom is -0.483 e. The van der Waals surface area contributed by atoms with Gasteiger partial charge in [0, 0.05) is 50.5 Å². The first-order valence-electron chi connectivity index (χ1n) is 11.7. The molecule has 0 bridgehead atoms. The van der Waals surface area contributed by atoms with Crippen molar-refractivity contribution < 1.29 is 32.7 Å². The summed E-state index contributed by atoms with van der Waals surface area (Å²) in [6.07, 6.45) is 0.679. The van der Waals surface area contributed by atoms with Crippen LogP contribution in [0.2, 0.25) is 5.02 Å². The number of H-pyrrole nitrogens is 1. The van der Waals surface area contributed by atoms with Gasteiger partial charge in [-0.3, -0.25) is 19.1 Å². The van der Waals surface area contributed by atoms with Crippen LogP contribution in [0.5, 0.6) is 0 Å². The van der Waals surface area contributed by atoms with Crippen LogP contribution in [0.1, 0.15) is 16.1 Å². The van der Waals surface area contributed by atoms with Crippen LogP contribution in [-0.4, -0.2) is 74.3 Å². The van der Waals surface area contributed by atoms with E-state index in [0.29, 0.717) is 18.8 Å². The maximum Gasteiger partial charge on any atom is 0.435 e. The highest BCUT2D eigenvalue weighted by molar-refractivity contribution is 6.34. The summed E-state index contributed by atoms with van der Waals surface area (Å²) in [6.45, 7) is 0.774. The van der Waals surface area contributed by atoms with E-state index in [1.807, 2.05) is 0 Å². The van der Waals surface area contributed by atoms with Gasteiger partial charge in [0.1, 0.15) is 0 Å². The number of carboxylic acid groups (broad SMARTS) is 1. The van der Waals surface area contributed by atoms with Crippen molar-refractivity contribution in [3.8, 4) is 11.3 Å². The third-order valence-electron chi connectivity index (χ3n) is 5.22. The van der Waals surface area contributed by atoms with Crippen molar-refractivity contribution in [1.82, 2.24) is 40.5 Å². The molecule has 0 fully saturated rings. The molecule has 3 heterocycles. The Hall–Kier alpha value is -4.90. The third kappa shape index (κ3) is 7.83. The summed E-state index contributed by atoms with van der Waals surface area (Å²) in [7, 11) is 0. The molecule has 3 amide bonds. The molecule has 8 N–H and O–H groups in total. The second-order valence-electron chi connectivity index (χ2n) is 7.91. The van der Waals surface area contributed by atoms with Gasteiger partial charge in [0.25, 0.3) is 12.4 Å². The summed E-state index contributed by atoms with van der Waals surface area (Å²) >= 11 is 6.31. The lowest BCUT2D eigenvalue weighted by atomic mass is 10.2. The van der Waals surface area contributed by atoms with Gasteiger partial charge in [0.2, 0.25) is 0 Å². The van der Waals surface area contributed by atoms with Gasteiger partial charge in [0.05, 0.1) is 28.0 Å². The van der Waals surface area contributed by atoms with E-state index in [2.05, 4.69) is 41.4 Å². The number of carbonyl (C=O) groups excluding carboxylic acids is 2. The number of imidazole rings is 1. The number of urea groups is 1. The molecule has 0 aliphatic carbocycles. The Morgan fingerprint density at radius 3 is 2.54 bits per heavy atom. The average molecular weight is 597 g/mol. The Kier molecular flexibility index (Phi) is 10.4. The summed E-state index contributed by atoms with van der Waals surface area (Å²) in [5.41, 5.74) is 5.19. The van der Waals surface area contributed by atoms with E-state index >= 15 is 0 Å². The molecule has 0 saturated carbocycles. The SMILES string of the molecule is NCCNC(=O)NCCNC(=O)c1ccc(Nc2nccn3c(-c4c[nH]nc4C(F)(F)F)cnc23)cc1Cl.O=CO. The van der Waals surface area contributed by atoms with E-state index < -0.39 is 23.8 Å². The number of aromatic nitrogens is 5. The number of anilines is 2. The maximum atomic E-state index is 13.3. The zero-order valence-electron chi connectivity index (χ0n) is 21.0. The first-order valence-corrected chi connectivity index (χ1v) is 12.1. The fraction of sp³-hybridized carbons (Fsp3) is 0.217. The van der Waals surface area contributed by atoms with Crippen LogP contribution in [0.15, 0.2) is 43.0 Å². The molecule has 0 atom stereocenters. The molecule has 18 heteroatoms. The van der Waals surface area contributed by atoms with Gasteiger partial charge < -0.3 is 32.1 Å². The van der Waals surface area contributed by atoms with Gasteiger partial charge in [-0.1, -0.05) is 11.6 Å². The zero-order valence-corrected chi connectivity index (χ0v) is 21.8. The molecule has 14 nitrogen and oxygen atoms in total. The molecular weight excluding hydrogens is 573 g/mol. The fourth-order valence-electron chi connectivity index (χ4n) is 3.52. The Bertz CT molecular complexity index is 1510. The summed E-state index contributed by atoms with van der Waals surface area (Å²) in [6, 6.07) is 4.20. The van der Waals surface area contributed by atoms with E-state index in [4.69, 9.17) is 27.2 Å². The standard InChI is InChI=1S/C22H22ClF3N10O2.CH2O2/c23-15-9-12(1-2-13(15)20(37)29-5-6-31-21(38)30-4-3-27)34-18-19-32-11-16(36(19)8-7-28-18)14-10-33-35-17(14)22(24,25)26;2-1-3/h1-2,7-11H,3-6,27H2,(H,28,34)(H,29,37)(H,33,35)(H2,30,31,38);1H,(H,2,3). The Balaban J connectivity index is 0.00000147. The molecule has 0 unspecified atom stereocenters. The van der Waals surface area contributed by atoms with Crippen molar-refractivity contribution in [2.45, 2.75) is 6.18 Å². The highest BCUT2D eigenvalue weighted by Gasteiger charge is 2.37. The van der Waals surface area contributed by atoms with Gasteiger partial charge in [-0.2, -0.15) is 18.3 Å². The quantitative estimate of drug-likeness (QED) is 0.112. The van der Waals surface area contributed by atoms with Gasteiger partial charge in [-0.05, 0) is 18.2 Å². The lowest BCUT2D eigenvalue weighted by Crippen LogP contribution is -2.41. The van der Waals surface area contributed by atoms with Crippen molar-refractivity contribution >= 4 is 47.2 Å². The van der Waals surface area contributed by atoms with Gasteiger partial charge in [0.15, 0.2) is 17.2 Å². The number of nitrogens with two attached hydrogens (primary N) is 1. The first kappa shape index (κ1) is 30.6. The number of fused-ring (bicyclic) bond motifs is 1. The molecule has 0 radical (unpaired) electrons. The molecule has 4 aromatic rings. The Morgan fingerprint density at radius 2 is 1.85 bits per heavy atom. The van der Waals surface area contributed by atoms with Crippen molar-refractivity contribution in [2.75, 3.05) is 31.5 Å². The Labute approximate surface area is 234 Å². The molecule has 0 aliphatic heterocycles.